The molecule has 0 fully saturated rings. The van der Waals surface area contributed by atoms with Crippen molar-refractivity contribution in [2.75, 3.05) is 6.61 Å². The first-order valence-electron chi connectivity index (χ1n) is 7.58. The molecule has 0 saturated heterocycles. The molecule has 1 aromatic carbocycles. The highest BCUT2D eigenvalue weighted by atomic mass is 16.5. The summed E-state index contributed by atoms with van der Waals surface area (Å²) in [5, 5.41) is 0. The Labute approximate surface area is 122 Å². The van der Waals surface area contributed by atoms with Crippen molar-refractivity contribution in [2.45, 2.75) is 46.0 Å². The maximum atomic E-state index is 11.2. The number of ether oxygens (including phenoxy) is 1. The molecule has 0 aliphatic rings. The number of allylic oxidation sites excluding steroid dienone is 2. The number of esters is 1. The number of aryl methyl sites for hydroxylation is 1. The molecule has 110 valence electrons. The van der Waals surface area contributed by atoms with E-state index in [4.69, 9.17) is 4.74 Å². The number of carbonyl (C=O) groups is 1. The second-order valence-electron chi connectivity index (χ2n) is 5.13. The summed E-state index contributed by atoms with van der Waals surface area (Å²) >= 11 is 0. The minimum atomic E-state index is -0.103. The van der Waals surface area contributed by atoms with Gasteiger partial charge in [0.25, 0.3) is 0 Å². The van der Waals surface area contributed by atoms with Crippen molar-refractivity contribution in [1.29, 1.82) is 0 Å². The average molecular weight is 274 g/mol. The Kier molecular flexibility index (Phi) is 8.44. The standard InChI is InChI=1S/C18H26O2/c1-3-20-18(19)15-8-7-10-16(2)11-9-14-17-12-5-4-6-13-17/h4-7,10,12-13,16H,3,8-9,11,14-15H2,1-2H3. The molecule has 0 aliphatic carbocycles. The van der Waals surface area contributed by atoms with Crippen LogP contribution in [0.2, 0.25) is 0 Å². The molecule has 2 heteroatoms. The summed E-state index contributed by atoms with van der Waals surface area (Å²) in [5.74, 6) is 0.467. The van der Waals surface area contributed by atoms with Gasteiger partial charge in [0.15, 0.2) is 0 Å². The molecule has 1 atom stereocenters. The van der Waals surface area contributed by atoms with E-state index in [9.17, 15) is 4.79 Å². The van der Waals surface area contributed by atoms with Crippen LogP contribution in [0.4, 0.5) is 0 Å². The Bertz CT molecular complexity index is 395. The van der Waals surface area contributed by atoms with Gasteiger partial charge in [-0.3, -0.25) is 4.79 Å². The molecule has 20 heavy (non-hydrogen) atoms. The lowest BCUT2D eigenvalue weighted by atomic mass is 10.0. The lowest BCUT2D eigenvalue weighted by molar-refractivity contribution is -0.143. The second kappa shape index (κ2) is 10.2. The predicted molar refractivity (Wildman–Crippen MR) is 83.6 cm³/mol. The number of rotatable bonds is 9. The van der Waals surface area contributed by atoms with E-state index in [1.54, 1.807) is 0 Å². The van der Waals surface area contributed by atoms with Gasteiger partial charge in [-0.1, -0.05) is 49.4 Å². The SMILES string of the molecule is CCOC(=O)CCC=CC(C)CCCc1ccccc1. The third-order valence-corrected chi connectivity index (χ3v) is 3.25. The Morgan fingerprint density at radius 1 is 1.30 bits per heavy atom. The van der Waals surface area contributed by atoms with Crippen LogP contribution < -0.4 is 0 Å². The van der Waals surface area contributed by atoms with Crippen molar-refractivity contribution in [3.8, 4) is 0 Å². The molecule has 0 bridgehead atoms. The Balaban J connectivity index is 2.10. The maximum Gasteiger partial charge on any atom is 0.306 e. The van der Waals surface area contributed by atoms with Gasteiger partial charge in [0.1, 0.15) is 0 Å². The molecule has 0 saturated carbocycles. The van der Waals surface area contributed by atoms with Gasteiger partial charge in [0.05, 0.1) is 6.61 Å². The zero-order valence-electron chi connectivity index (χ0n) is 12.7. The van der Waals surface area contributed by atoms with Gasteiger partial charge in [-0.25, -0.2) is 0 Å². The van der Waals surface area contributed by atoms with E-state index in [1.165, 1.54) is 18.4 Å². The van der Waals surface area contributed by atoms with Crippen LogP contribution in [0.25, 0.3) is 0 Å². The number of hydrogen-bond donors (Lipinski definition) is 0. The fraction of sp³-hybridized carbons (Fsp3) is 0.500. The van der Waals surface area contributed by atoms with Crippen molar-refractivity contribution < 1.29 is 9.53 Å². The zero-order valence-corrected chi connectivity index (χ0v) is 12.7. The first-order chi connectivity index (χ1) is 9.72. The highest BCUT2D eigenvalue weighted by Gasteiger charge is 2.00. The molecule has 0 radical (unpaired) electrons. The Hall–Kier alpha value is -1.57. The average Bonchev–Trinajstić information content (AvgIpc) is 2.45. The molecule has 0 amide bonds. The van der Waals surface area contributed by atoms with Gasteiger partial charge in [-0.05, 0) is 44.1 Å². The van der Waals surface area contributed by atoms with E-state index < -0.39 is 0 Å². The molecule has 1 aromatic rings. The summed E-state index contributed by atoms with van der Waals surface area (Å²) < 4.78 is 4.89. The van der Waals surface area contributed by atoms with Gasteiger partial charge in [-0.2, -0.15) is 0 Å². The number of hydrogen-bond acceptors (Lipinski definition) is 2. The highest BCUT2D eigenvalue weighted by Crippen LogP contribution is 2.12. The lowest BCUT2D eigenvalue weighted by Gasteiger charge is -2.06. The fourth-order valence-corrected chi connectivity index (χ4v) is 2.13. The van der Waals surface area contributed by atoms with E-state index in [-0.39, 0.29) is 5.97 Å². The minimum absolute atomic E-state index is 0.103. The molecule has 0 aromatic heterocycles. The zero-order chi connectivity index (χ0) is 14.6. The molecule has 1 unspecified atom stereocenters. The normalized spacial score (nSPS) is 12.5. The van der Waals surface area contributed by atoms with Gasteiger partial charge in [0.2, 0.25) is 0 Å². The number of carbonyl (C=O) groups excluding carboxylic acids is 1. The van der Waals surface area contributed by atoms with E-state index in [2.05, 4.69) is 49.4 Å². The first-order valence-corrected chi connectivity index (χ1v) is 7.58. The van der Waals surface area contributed by atoms with Gasteiger partial charge in [0, 0.05) is 6.42 Å². The van der Waals surface area contributed by atoms with Crippen LogP contribution in [0.5, 0.6) is 0 Å². The smallest absolute Gasteiger partial charge is 0.306 e. The number of benzene rings is 1. The summed E-state index contributed by atoms with van der Waals surface area (Å²) in [5.41, 5.74) is 1.41. The van der Waals surface area contributed by atoms with Crippen molar-refractivity contribution in [3.63, 3.8) is 0 Å². The monoisotopic (exact) mass is 274 g/mol. The highest BCUT2D eigenvalue weighted by molar-refractivity contribution is 5.69. The molecular weight excluding hydrogens is 248 g/mol. The van der Waals surface area contributed by atoms with Crippen LogP contribution in [0.1, 0.15) is 45.1 Å². The van der Waals surface area contributed by atoms with E-state index >= 15 is 0 Å². The minimum Gasteiger partial charge on any atom is -0.466 e. The van der Waals surface area contributed by atoms with Crippen molar-refractivity contribution in [1.82, 2.24) is 0 Å². The van der Waals surface area contributed by atoms with Crippen molar-refractivity contribution >= 4 is 5.97 Å². The summed E-state index contributed by atoms with van der Waals surface area (Å²) in [6.07, 6.45) is 9.11. The van der Waals surface area contributed by atoms with Crippen molar-refractivity contribution in [2.24, 2.45) is 5.92 Å². The quantitative estimate of drug-likeness (QED) is 0.488. The summed E-state index contributed by atoms with van der Waals surface area (Å²) in [7, 11) is 0. The first kappa shape index (κ1) is 16.5. The molecule has 0 N–H and O–H groups in total. The third-order valence-electron chi connectivity index (χ3n) is 3.25. The van der Waals surface area contributed by atoms with Crippen LogP contribution in [-0.2, 0) is 16.0 Å². The van der Waals surface area contributed by atoms with Gasteiger partial charge < -0.3 is 4.74 Å². The molecule has 0 heterocycles. The van der Waals surface area contributed by atoms with Gasteiger partial charge >= 0.3 is 5.97 Å². The van der Waals surface area contributed by atoms with Gasteiger partial charge in [-0.15, -0.1) is 0 Å². The molecular formula is C18H26O2. The topological polar surface area (TPSA) is 26.3 Å². The van der Waals surface area contributed by atoms with Crippen LogP contribution >= 0.6 is 0 Å². The summed E-state index contributed by atoms with van der Waals surface area (Å²) in [4.78, 5) is 11.2. The maximum absolute atomic E-state index is 11.2. The predicted octanol–water partition coefficient (Wildman–Crippen LogP) is 4.54. The van der Waals surface area contributed by atoms with Crippen LogP contribution in [0.3, 0.4) is 0 Å². The third kappa shape index (κ3) is 7.78. The van der Waals surface area contributed by atoms with E-state index in [0.717, 1.165) is 12.8 Å². The van der Waals surface area contributed by atoms with Crippen LogP contribution in [-0.4, -0.2) is 12.6 Å². The summed E-state index contributed by atoms with van der Waals surface area (Å²) in [6.45, 7) is 4.53. The summed E-state index contributed by atoms with van der Waals surface area (Å²) in [6, 6.07) is 10.6. The van der Waals surface area contributed by atoms with Crippen molar-refractivity contribution in [3.05, 3.63) is 48.0 Å². The largest absolute Gasteiger partial charge is 0.466 e. The van der Waals surface area contributed by atoms with E-state index in [0.29, 0.717) is 18.9 Å². The molecule has 0 aliphatic heterocycles. The second-order valence-corrected chi connectivity index (χ2v) is 5.13. The van der Waals surface area contributed by atoms with E-state index in [1.807, 2.05) is 6.92 Å². The fourth-order valence-electron chi connectivity index (χ4n) is 2.13. The molecule has 2 nitrogen and oxygen atoms in total. The van der Waals surface area contributed by atoms with Crippen LogP contribution in [0, 0.1) is 5.92 Å². The van der Waals surface area contributed by atoms with Crippen LogP contribution in [0.15, 0.2) is 42.5 Å². The molecule has 1 rings (SSSR count). The molecule has 0 spiro atoms. The Morgan fingerprint density at radius 2 is 2.05 bits per heavy atom. The lowest BCUT2D eigenvalue weighted by Crippen LogP contribution is -2.02. The Morgan fingerprint density at radius 3 is 2.75 bits per heavy atom.